The Balaban J connectivity index is 2.19. The first-order valence-electron chi connectivity index (χ1n) is 5.66. The highest BCUT2D eigenvalue weighted by molar-refractivity contribution is 5.97. The molecule has 1 saturated heterocycles. The Kier molecular flexibility index (Phi) is 3.76. The zero-order valence-corrected chi connectivity index (χ0v) is 9.68. The first kappa shape index (κ1) is 12.8. The van der Waals surface area contributed by atoms with Gasteiger partial charge in [0, 0.05) is 19.1 Å². The van der Waals surface area contributed by atoms with Crippen LogP contribution in [0.25, 0.3) is 0 Å². The number of ether oxygens (including phenoxy) is 1. The van der Waals surface area contributed by atoms with Crippen molar-refractivity contribution in [3.8, 4) is 5.75 Å². The standard InChI is InChI=1S/C12H14F2N2O2/c13-12(14)18-10-4-2-1-3-9(10)11(17)16-6-5-8(15)7-16/h1-4,8,12H,5-7,15H2/t8-/m0/s1. The minimum Gasteiger partial charge on any atom is -0.434 e. The fraction of sp³-hybridized carbons (Fsp3) is 0.417. The second kappa shape index (κ2) is 5.30. The lowest BCUT2D eigenvalue weighted by Crippen LogP contribution is -2.32. The lowest BCUT2D eigenvalue weighted by atomic mass is 10.2. The van der Waals surface area contributed by atoms with E-state index in [1.54, 1.807) is 17.0 Å². The van der Waals surface area contributed by atoms with Gasteiger partial charge in [0.1, 0.15) is 5.75 Å². The molecule has 0 bridgehead atoms. The second-order valence-electron chi connectivity index (χ2n) is 4.17. The van der Waals surface area contributed by atoms with Gasteiger partial charge in [-0.05, 0) is 18.6 Å². The van der Waals surface area contributed by atoms with E-state index in [4.69, 9.17) is 5.73 Å². The van der Waals surface area contributed by atoms with Crippen molar-refractivity contribution >= 4 is 5.91 Å². The summed E-state index contributed by atoms with van der Waals surface area (Å²) in [7, 11) is 0. The van der Waals surface area contributed by atoms with E-state index < -0.39 is 6.61 Å². The number of carbonyl (C=O) groups excluding carboxylic acids is 1. The van der Waals surface area contributed by atoms with Crippen LogP contribution >= 0.6 is 0 Å². The van der Waals surface area contributed by atoms with Gasteiger partial charge in [0.05, 0.1) is 5.56 Å². The summed E-state index contributed by atoms with van der Waals surface area (Å²) in [4.78, 5) is 13.7. The molecule has 0 aromatic heterocycles. The SMILES string of the molecule is N[C@H]1CCN(C(=O)c2ccccc2OC(F)F)C1. The second-order valence-corrected chi connectivity index (χ2v) is 4.17. The fourth-order valence-corrected chi connectivity index (χ4v) is 1.98. The molecule has 1 heterocycles. The molecule has 0 unspecified atom stereocenters. The molecule has 1 atom stereocenters. The zero-order chi connectivity index (χ0) is 13.1. The third-order valence-corrected chi connectivity index (χ3v) is 2.85. The molecule has 1 amide bonds. The Labute approximate surface area is 103 Å². The van der Waals surface area contributed by atoms with E-state index in [2.05, 4.69) is 4.74 Å². The molecule has 0 saturated carbocycles. The van der Waals surface area contributed by atoms with E-state index in [0.717, 1.165) is 6.42 Å². The molecule has 0 aliphatic carbocycles. The predicted octanol–water partition coefficient (Wildman–Crippen LogP) is 1.46. The van der Waals surface area contributed by atoms with Crippen molar-refractivity contribution in [3.05, 3.63) is 29.8 Å². The van der Waals surface area contributed by atoms with Gasteiger partial charge in [-0.3, -0.25) is 4.79 Å². The van der Waals surface area contributed by atoms with E-state index >= 15 is 0 Å². The molecular formula is C12H14F2N2O2. The molecule has 4 nitrogen and oxygen atoms in total. The minimum atomic E-state index is -2.94. The van der Waals surface area contributed by atoms with Crippen LogP contribution in [0.3, 0.4) is 0 Å². The van der Waals surface area contributed by atoms with Crippen molar-refractivity contribution in [2.24, 2.45) is 5.73 Å². The molecule has 1 aliphatic heterocycles. The quantitative estimate of drug-likeness (QED) is 0.890. The summed E-state index contributed by atoms with van der Waals surface area (Å²) >= 11 is 0. The number of rotatable bonds is 3. The van der Waals surface area contributed by atoms with Crippen LogP contribution in [0.15, 0.2) is 24.3 Å². The number of amides is 1. The van der Waals surface area contributed by atoms with Crippen molar-refractivity contribution < 1.29 is 18.3 Å². The van der Waals surface area contributed by atoms with E-state index in [-0.39, 0.29) is 23.3 Å². The Morgan fingerprint density at radius 3 is 2.78 bits per heavy atom. The average Bonchev–Trinajstić information content (AvgIpc) is 2.75. The fourth-order valence-electron chi connectivity index (χ4n) is 1.98. The van der Waals surface area contributed by atoms with E-state index in [1.807, 2.05) is 0 Å². The third-order valence-electron chi connectivity index (χ3n) is 2.85. The molecule has 1 aromatic carbocycles. The number of nitrogens with zero attached hydrogens (tertiary/aromatic N) is 1. The van der Waals surface area contributed by atoms with Gasteiger partial charge in [0.2, 0.25) is 0 Å². The summed E-state index contributed by atoms with van der Waals surface area (Å²) in [6.07, 6.45) is 0.726. The summed E-state index contributed by atoms with van der Waals surface area (Å²) in [5, 5.41) is 0. The van der Waals surface area contributed by atoms with Gasteiger partial charge in [-0.15, -0.1) is 0 Å². The Hall–Kier alpha value is -1.69. The van der Waals surface area contributed by atoms with E-state index in [1.165, 1.54) is 12.1 Å². The molecule has 2 N–H and O–H groups in total. The van der Waals surface area contributed by atoms with Gasteiger partial charge >= 0.3 is 6.61 Å². The van der Waals surface area contributed by atoms with Crippen molar-refractivity contribution in [2.45, 2.75) is 19.1 Å². The number of nitrogens with two attached hydrogens (primary N) is 1. The predicted molar refractivity (Wildman–Crippen MR) is 61.6 cm³/mol. The molecule has 0 spiro atoms. The van der Waals surface area contributed by atoms with Gasteiger partial charge in [-0.1, -0.05) is 12.1 Å². The van der Waals surface area contributed by atoms with Crippen molar-refractivity contribution in [2.75, 3.05) is 13.1 Å². The van der Waals surface area contributed by atoms with Crippen LogP contribution < -0.4 is 10.5 Å². The Morgan fingerprint density at radius 2 is 2.17 bits per heavy atom. The number of likely N-dealkylation sites (tertiary alicyclic amines) is 1. The average molecular weight is 256 g/mol. The maximum absolute atomic E-state index is 12.2. The number of para-hydroxylation sites is 1. The van der Waals surface area contributed by atoms with Gasteiger partial charge in [0.15, 0.2) is 0 Å². The number of alkyl halides is 2. The van der Waals surface area contributed by atoms with Crippen LogP contribution in [-0.2, 0) is 0 Å². The van der Waals surface area contributed by atoms with Crippen molar-refractivity contribution in [1.29, 1.82) is 0 Å². The summed E-state index contributed by atoms with van der Waals surface area (Å²) < 4.78 is 28.8. The monoisotopic (exact) mass is 256 g/mol. The maximum atomic E-state index is 12.2. The number of carbonyl (C=O) groups is 1. The molecule has 1 aromatic rings. The Morgan fingerprint density at radius 1 is 1.44 bits per heavy atom. The van der Waals surface area contributed by atoms with Gasteiger partial charge in [-0.2, -0.15) is 8.78 Å². The first-order chi connectivity index (χ1) is 8.58. The van der Waals surface area contributed by atoms with Crippen LogP contribution in [0, 0.1) is 0 Å². The molecule has 1 fully saturated rings. The largest absolute Gasteiger partial charge is 0.434 e. The number of halogens is 2. The smallest absolute Gasteiger partial charge is 0.387 e. The zero-order valence-electron chi connectivity index (χ0n) is 9.68. The van der Waals surface area contributed by atoms with Crippen molar-refractivity contribution in [3.63, 3.8) is 0 Å². The lowest BCUT2D eigenvalue weighted by Gasteiger charge is -2.17. The number of hydrogen-bond acceptors (Lipinski definition) is 3. The van der Waals surface area contributed by atoms with Crippen LogP contribution in [0.5, 0.6) is 5.75 Å². The van der Waals surface area contributed by atoms with Crippen molar-refractivity contribution in [1.82, 2.24) is 4.90 Å². The molecule has 6 heteroatoms. The van der Waals surface area contributed by atoms with E-state index in [0.29, 0.717) is 13.1 Å². The van der Waals surface area contributed by atoms with Gasteiger partial charge in [0.25, 0.3) is 5.91 Å². The topological polar surface area (TPSA) is 55.6 Å². The molecule has 2 rings (SSSR count). The highest BCUT2D eigenvalue weighted by Gasteiger charge is 2.26. The maximum Gasteiger partial charge on any atom is 0.387 e. The minimum absolute atomic E-state index is 0.0443. The Bertz CT molecular complexity index is 440. The first-order valence-corrected chi connectivity index (χ1v) is 5.66. The molecule has 1 aliphatic rings. The normalized spacial score (nSPS) is 19.3. The van der Waals surface area contributed by atoms with Crippen LogP contribution in [0.1, 0.15) is 16.8 Å². The van der Waals surface area contributed by atoms with E-state index in [9.17, 15) is 13.6 Å². The highest BCUT2D eigenvalue weighted by atomic mass is 19.3. The van der Waals surface area contributed by atoms with Gasteiger partial charge < -0.3 is 15.4 Å². The third kappa shape index (κ3) is 2.76. The lowest BCUT2D eigenvalue weighted by molar-refractivity contribution is -0.0502. The summed E-state index contributed by atoms with van der Waals surface area (Å²) in [6, 6.07) is 5.95. The molecule has 0 radical (unpaired) electrons. The van der Waals surface area contributed by atoms with Gasteiger partial charge in [-0.25, -0.2) is 0 Å². The van der Waals surface area contributed by atoms with Crippen LogP contribution in [0.4, 0.5) is 8.78 Å². The molecular weight excluding hydrogens is 242 g/mol. The van der Waals surface area contributed by atoms with Crippen LogP contribution in [-0.4, -0.2) is 36.5 Å². The van der Waals surface area contributed by atoms with Crippen LogP contribution in [0.2, 0.25) is 0 Å². The summed E-state index contributed by atoms with van der Waals surface area (Å²) in [5.74, 6) is -0.419. The number of benzene rings is 1. The molecule has 18 heavy (non-hydrogen) atoms. The molecule has 98 valence electrons. The highest BCUT2D eigenvalue weighted by Crippen LogP contribution is 2.23. The summed E-state index contributed by atoms with van der Waals surface area (Å²) in [5.41, 5.74) is 5.86. The summed E-state index contributed by atoms with van der Waals surface area (Å²) in [6.45, 7) is -1.95. The number of hydrogen-bond donors (Lipinski definition) is 1.